The Bertz CT molecular complexity index is 561. The van der Waals surface area contributed by atoms with Crippen molar-refractivity contribution in [3.05, 3.63) is 53.5 Å². The maximum Gasteiger partial charge on any atom is 0.268 e. The first-order chi connectivity index (χ1) is 9.72. The van der Waals surface area contributed by atoms with Crippen LogP contribution in [-0.4, -0.2) is 5.91 Å². The molecule has 0 unspecified atom stereocenters. The van der Waals surface area contributed by atoms with Gasteiger partial charge in [-0.05, 0) is 30.2 Å². The molecule has 2 rings (SSSR count). The van der Waals surface area contributed by atoms with Crippen LogP contribution < -0.4 is 16.0 Å². The van der Waals surface area contributed by atoms with E-state index in [1.165, 1.54) is 11.8 Å². The Kier molecular flexibility index (Phi) is 4.79. The standard InChI is InChI=1S/C15H18N2O3/c1-2-3-11-4-6-13(7-5-11)20-10-14-8-12(9-19-14)15(18)17-16/h4-9H,2-3,10,16H2,1H3,(H,17,18). The lowest BCUT2D eigenvalue weighted by atomic mass is 10.1. The minimum absolute atomic E-state index is 0.269. The zero-order valence-electron chi connectivity index (χ0n) is 11.4. The molecule has 0 spiro atoms. The number of nitrogens with one attached hydrogen (secondary N) is 1. The van der Waals surface area contributed by atoms with Gasteiger partial charge in [0.05, 0.1) is 5.56 Å². The van der Waals surface area contributed by atoms with Crippen LogP contribution in [0.4, 0.5) is 0 Å². The van der Waals surface area contributed by atoms with Crippen molar-refractivity contribution in [2.24, 2.45) is 5.84 Å². The van der Waals surface area contributed by atoms with Crippen molar-refractivity contribution in [3.8, 4) is 5.75 Å². The van der Waals surface area contributed by atoms with E-state index in [0.717, 1.165) is 18.6 Å². The van der Waals surface area contributed by atoms with E-state index < -0.39 is 0 Å². The summed E-state index contributed by atoms with van der Waals surface area (Å²) in [4.78, 5) is 11.3. The van der Waals surface area contributed by atoms with Gasteiger partial charge < -0.3 is 9.15 Å². The minimum Gasteiger partial charge on any atom is -0.486 e. The Balaban J connectivity index is 1.91. The fraction of sp³-hybridized carbons (Fsp3) is 0.267. The van der Waals surface area contributed by atoms with Crippen molar-refractivity contribution in [2.75, 3.05) is 0 Å². The lowest BCUT2D eigenvalue weighted by molar-refractivity contribution is 0.0953. The number of hydrogen-bond donors (Lipinski definition) is 2. The van der Waals surface area contributed by atoms with Crippen LogP contribution in [0.1, 0.15) is 35.0 Å². The molecule has 1 amide bonds. The quantitative estimate of drug-likeness (QED) is 0.482. The first kappa shape index (κ1) is 14.1. The van der Waals surface area contributed by atoms with E-state index in [1.807, 2.05) is 29.7 Å². The molecule has 0 saturated heterocycles. The summed E-state index contributed by atoms with van der Waals surface area (Å²) in [6.45, 7) is 2.42. The number of amides is 1. The van der Waals surface area contributed by atoms with Crippen molar-refractivity contribution >= 4 is 5.91 Å². The summed E-state index contributed by atoms with van der Waals surface area (Å²) in [6.07, 6.45) is 3.54. The fourth-order valence-corrected chi connectivity index (χ4v) is 1.85. The molecule has 0 fully saturated rings. The highest BCUT2D eigenvalue weighted by Crippen LogP contribution is 2.16. The third-order valence-corrected chi connectivity index (χ3v) is 2.89. The van der Waals surface area contributed by atoms with Crippen LogP contribution in [-0.2, 0) is 13.0 Å². The Labute approximate surface area is 117 Å². The van der Waals surface area contributed by atoms with Crippen LogP contribution in [0.3, 0.4) is 0 Å². The molecular weight excluding hydrogens is 256 g/mol. The molecule has 1 heterocycles. The Morgan fingerprint density at radius 3 is 2.75 bits per heavy atom. The smallest absolute Gasteiger partial charge is 0.268 e. The molecule has 106 valence electrons. The largest absolute Gasteiger partial charge is 0.486 e. The molecule has 0 aliphatic rings. The van der Waals surface area contributed by atoms with Crippen LogP contribution in [0.25, 0.3) is 0 Å². The maximum atomic E-state index is 11.3. The molecule has 1 aromatic carbocycles. The average molecular weight is 274 g/mol. The van der Waals surface area contributed by atoms with Crippen molar-refractivity contribution in [2.45, 2.75) is 26.4 Å². The molecule has 5 nitrogen and oxygen atoms in total. The van der Waals surface area contributed by atoms with Gasteiger partial charge in [-0.2, -0.15) is 0 Å². The van der Waals surface area contributed by atoms with Crippen molar-refractivity contribution < 1.29 is 13.9 Å². The highest BCUT2D eigenvalue weighted by molar-refractivity contribution is 5.93. The molecule has 0 saturated carbocycles. The molecule has 20 heavy (non-hydrogen) atoms. The fourth-order valence-electron chi connectivity index (χ4n) is 1.85. The summed E-state index contributed by atoms with van der Waals surface area (Å²) in [5.41, 5.74) is 3.72. The number of carbonyl (C=O) groups excluding carboxylic acids is 1. The highest BCUT2D eigenvalue weighted by Gasteiger charge is 2.09. The van der Waals surface area contributed by atoms with Gasteiger partial charge in [0.15, 0.2) is 0 Å². The zero-order chi connectivity index (χ0) is 14.4. The third kappa shape index (κ3) is 3.61. The number of nitrogens with two attached hydrogens (primary N) is 1. The van der Waals surface area contributed by atoms with Gasteiger partial charge in [0.25, 0.3) is 5.91 Å². The summed E-state index contributed by atoms with van der Waals surface area (Å²) in [5, 5.41) is 0. The van der Waals surface area contributed by atoms with E-state index in [1.54, 1.807) is 6.07 Å². The molecule has 0 radical (unpaired) electrons. The van der Waals surface area contributed by atoms with Gasteiger partial charge in [-0.15, -0.1) is 0 Å². The molecule has 0 aliphatic carbocycles. The number of ether oxygens (including phenoxy) is 1. The van der Waals surface area contributed by atoms with Crippen molar-refractivity contribution in [1.29, 1.82) is 0 Å². The number of benzene rings is 1. The molecule has 5 heteroatoms. The first-order valence-electron chi connectivity index (χ1n) is 6.53. The first-order valence-corrected chi connectivity index (χ1v) is 6.53. The van der Waals surface area contributed by atoms with E-state index >= 15 is 0 Å². The Morgan fingerprint density at radius 1 is 1.35 bits per heavy atom. The predicted molar refractivity (Wildman–Crippen MR) is 75.1 cm³/mol. The summed E-state index contributed by atoms with van der Waals surface area (Å²) >= 11 is 0. The van der Waals surface area contributed by atoms with Gasteiger partial charge in [0.1, 0.15) is 24.4 Å². The maximum absolute atomic E-state index is 11.3. The van der Waals surface area contributed by atoms with Crippen LogP contribution in [0.5, 0.6) is 5.75 Å². The summed E-state index contributed by atoms with van der Waals surface area (Å²) in [7, 11) is 0. The van der Waals surface area contributed by atoms with E-state index in [4.69, 9.17) is 15.0 Å². The second-order valence-corrected chi connectivity index (χ2v) is 4.46. The normalized spacial score (nSPS) is 10.3. The average Bonchev–Trinajstić information content (AvgIpc) is 2.95. The molecule has 0 atom stereocenters. The Hall–Kier alpha value is -2.27. The van der Waals surface area contributed by atoms with Crippen LogP contribution in [0, 0.1) is 0 Å². The molecule has 2 aromatic rings. The van der Waals surface area contributed by atoms with E-state index in [2.05, 4.69) is 6.92 Å². The van der Waals surface area contributed by atoms with Crippen LogP contribution in [0.15, 0.2) is 41.0 Å². The van der Waals surface area contributed by atoms with Gasteiger partial charge in [0, 0.05) is 0 Å². The molecular formula is C15H18N2O3. The lowest BCUT2D eigenvalue weighted by Gasteiger charge is -2.05. The van der Waals surface area contributed by atoms with Gasteiger partial charge in [-0.3, -0.25) is 10.2 Å². The van der Waals surface area contributed by atoms with Gasteiger partial charge in [0.2, 0.25) is 0 Å². The number of rotatable bonds is 6. The van der Waals surface area contributed by atoms with Crippen molar-refractivity contribution in [1.82, 2.24) is 5.43 Å². The van der Waals surface area contributed by atoms with Crippen molar-refractivity contribution in [3.63, 3.8) is 0 Å². The van der Waals surface area contributed by atoms with Crippen LogP contribution >= 0.6 is 0 Å². The number of nitrogen functional groups attached to an aromatic ring is 1. The number of hydrazine groups is 1. The van der Waals surface area contributed by atoms with Gasteiger partial charge in [-0.25, -0.2) is 5.84 Å². The van der Waals surface area contributed by atoms with Gasteiger partial charge in [-0.1, -0.05) is 25.5 Å². The van der Waals surface area contributed by atoms with Gasteiger partial charge >= 0.3 is 0 Å². The number of furan rings is 1. The second kappa shape index (κ2) is 6.77. The summed E-state index contributed by atoms with van der Waals surface area (Å²) < 4.78 is 10.8. The minimum atomic E-state index is -0.385. The van der Waals surface area contributed by atoms with E-state index in [-0.39, 0.29) is 12.5 Å². The topological polar surface area (TPSA) is 77.5 Å². The second-order valence-electron chi connectivity index (χ2n) is 4.46. The SMILES string of the molecule is CCCc1ccc(OCc2cc(C(=O)NN)co2)cc1. The molecule has 1 aromatic heterocycles. The monoisotopic (exact) mass is 274 g/mol. The zero-order valence-corrected chi connectivity index (χ0v) is 11.4. The summed E-state index contributed by atoms with van der Waals surface area (Å²) in [5.74, 6) is 6.00. The highest BCUT2D eigenvalue weighted by atomic mass is 16.5. The number of carbonyl (C=O) groups is 1. The summed E-state index contributed by atoms with van der Waals surface area (Å²) in [6, 6.07) is 9.57. The number of aryl methyl sites for hydroxylation is 1. The third-order valence-electron chi connectivity index (χ3n) is 2.89. The molecule has 3 N–H and O–H groups in total. The number of hydrogen-bond acceptors (Lipinski definition) is 4. The molecule has 0 aliphatic heterocycles. The predicted octanol–water partition coefficient (Wildman–Crippen LogP) is 2.41. The lowest BCUT2D eigenvalue weighted by Crippen LogP contribution is -2.29. The van der Waals surface area contributed by atoms with E-state index in [9.17, 15) is 4.79 Å². The van der Waals surface area contributed by atoms with E-state index in [0.29, 0.717) is 11.3 Å². The van der Waals surface area contributed by atoms with Crippen LogP contribution in [0.2, 0.25) is 0 Å². The Morgan fingerprint density at radius 2 is 2.10 bits per heavy atom. The molecule has 0 bridgehead atoms.